The number of anilines is 1. The van der Waals surface area contributed by atoms with Crippen molar-refractivity contribution in [3.05, 3.63) is 42.8 Å². The second-order valence-corrected chi connectivity index (χ2v) is 4.89. The van der Waals surface area contributed by atoms with E-state index in [0.717, 1.165) is 26.9 Å². The Kier molecular flexibility index (Phi) is 4.12. The summed E-state index contributed by atoms with van der Waals surface area (Å²) in [5.74, 6) is 0. The Morgan fingerprint density at radius 1 is 1.48 bits per heavy atom. The van der Waals surface area contributed by atoms with Gasteiger partial charge in [-0.1, -0.05) is 4.49 Å². The number of hydrogen-bond acceptors (Lipinski definition) is 8. The van der Waals surface area contributed by atoms with Gasteiger partial charge in [-0.25, -0.2) is 9.36 Å². The first-order chi connectivity index (χ1) is 9.95. The minimum atomic E-state index is -0.960. The van der Waals surface area contributed by atoms with Crippen LogP contribution in [0.25, 0.3) is 0 Å². The van der Waals surface area contributed by atoms with Crippen LogP contribution in [0.4, 0.5) is 10.7 Å². The molecule has 0 spiro atoms. The monoisotopic (exact) mass is 312 g/mol. The van der Waals surface area contributed by atoms with Crippen LogP contribution in [0.15, 0.2) is 15.8 Å². The van der Waals surface area contributed by atoms with Crippen molar-refractivity contribution in [2.45, 2.75) is 13.5 Å². The van der Waals surface area contributed by atoms with Crippen LogP contribution in [0, 0.1) is 10.1 Å². The van der Waals surface area contributed by atoms with Crippen molar-refractivity contribution in [3.8, 4) is 0 Å². The van der Waals surface area contributed by atoms with Gasteiger partial charge in [0.2, 0.25) is 0 Å². The molecular weight excluding hydrogens is 300 g/mol. The molecule has 112 valence electrons. The van der Waals surface area contributed by atoms with E-state index in [4.69, 9.17) is 0 Å². The molecule has 11 heteroatoms. The number of hydrogen-bond donors (Lipinski definition) is 1. The summed E-state index contributed by atoms with van der Waals surface area (Å²) in [5.41, 5.74) is -1.88. The zero-order valence-corrected chi connectivity index (χ0v) is 12.1. The molecule has 0 aliphatic carbocycles. The van der Waals surface area contributed by atoms with Crippen LogP contribution in [0.1, 0.15) is 12.6 Å². The van der Waals surface area contributed by atoms with E-state index in [-0.39, 0.29) is 6.54 Å². The van der Waals surface area contributed by atoms with E-state index in [1.807, 2.05) is 6.92 Å². The average Bonchev–Trinajstić information content (AvgIpc) is 2.86. The molecular formula is C10H12N6O4S. The lowest BCUT2D eigenvalue weighted by Crippen LogP contribution is -2.39. The van der Waals surface area contributed by atoms with Crippen LogP contribution in [0.5, 0.6) is 0 Å². The maximum atomic E-state index is 12.0. The average molecular weight is 312 g/mol. The van der Waals surface area contributed by atoms with Crippen LogP contribution < -0.4 is 16.6 Å². The first-order valence-corrected chi connectivity index (χ1v) is 6.73. The van der Waals surface area contributed by atoms with Crippen molar-refractivity contribution in [1.29, 1.82) is 0 Å². The third kappa shape index (κ3) is 2.81. The van der Waals surface area contributed by atoms with E-state index in [0.29, 0.717) is 17.2 Å². The molecule has 0 atom stereocenters. The Bertz CT molecular complexity index is 792. The predicted molar refractivity (Wildman–Crippen MR) is 75.8 cm³/mol. The molecule has 0 aliphatic heterocycles. The Hall–Kier alpha value is -2.56. The van der Waals surface area contributed by atoms with Crippen molar-refractivity contribution < 1.29 is 4.92 Å². The minimum absolute atomic E-state index is 0.175. The number of aromatic nitrogens is 4. The number of nitro groups is 1. The summed E-state index contributed by atoms with van der Waals surface area (Å²) in [4.78, 5) is 34.1. The standard InChI is InChI=1S/C10H12N6O4S/c1-3-11-8-6(12-13-21-8)4-15-9(17)7(16(19)20)5-14(2)10(15)18/h5,11H,3-4H2,1-2H3. The Morgan fingerprint density at radius 3 is 2.81 bits per heavy atom. The first-order valence-electron chi connectivity index (χ1n) is 5.95. The molecule has 10 nitrogen and oxygen atoms in total. The molecule has 2 rings (SSSR count). The maximum absolute atomic E-state index is 12.0. The summed E-state index contributed by atoms with van der Waals surface area (Å²) >= 11 is 1.09. The molecule has 0 fully saturated rings. The highest BCUT2D eigenvalue weighted by atomic mass is 32.1. The summed E-state index contributed by atoms with van der Waals surface area (Å²) in [6, 6.07) is 0. The van der Waals surface area contributed by atoms with Gasteiger partial charge >= 0.3 is 16.9 Å². The highest BCUT2D eigenvalue weighted by molar-refractivity contribution is 7.10. The lowest BCUT2D eigenvalue weighted by atomic mass is 10.4. The largest absolute Gasteiger partial charge is 0.374 e. The second-order valence-electron chi connectivity index (χ2n) is 4.14. The van der Waals surface area contributed by atoms with E-state index in [2.05, 4.69) is 14.9 Å². The highest BCUT2D eigenvalue weighted by Gasteiger charge is 2.20. The molecule has 0 radical (unpaired) electrons. The molecule has 2 aromatic heterocycles. The minimum Gasteiger partial charge on any atom is -0.374 e. The van der Waals surface area contributed by atoms with Crippen LogP contribution in [0.3, 0.4) is 0 Å². The SMILES string of the molecule is CCNc1snnc1Cn1c(=O)c([N+](=O)[O-])cn(C)c1=O. The fraction of sp³-hybridized carbons (Fsp3) is 0.400. The fourth-order valence-electron chi connectivity index (χ4n) is 1.73. The van der Waals surface area contributed by atoms with E-state index < -0.39 is 21.9 Å². The van der Waals surface area contributed by atoms with Crippen molar-refractivity contribution in [2.75, 3.05) is 11.9 Å². The van der Waals surface area contributed by atoms with Crippen molar-refractivity contribution in [2.24, 2.45) is 7.05 Å². The van der Waals surface area contributed by atoms with Gasteiger partial charge in [0.25, 0.3) is 0 Å². The van der Waals surface area contributed by atoms with Gasteiger partial charge in [-0.2, -0.15) is 0 Å². The van der Waals surface area contributed by atoms with E-state index >= 15 is 0 Å². The maximum Gasteiger partial charge on any atom is 0.350 e. The zero-order valence-electron chi connectivity index (χ0n) is 11.3. The zero-order chi connectivity index (χ0) is 15.6. The molecule has 2 heterocycles. The van der Waals surface area contributed by atoms with Gasteiger partial charge in [-0.15, -0.1) is 5.10 Å². The molecule has 0 amide bonds. The highest BCUT2D eigenvalue weighted by Crippen LogP contribution is 2.17. The summed E-state index contributed by atoms with van der Waals surface area (Å²) < 4.78 is 5.51. The van der Waals surface area contributed by atoms with Gasteiger partial charge in [0, 0.05) is 25.1 Å². The molecule has 0 saturated heterocycles. The predicted octanol–water partition coefficient (Wildman–Crippen LogP) is -0.213. The number of aryl methyl sites for hydroxylation is 1. The van der Waals surface area contributed by atoms with E-state index in [1.54, 1.807) is 0 Å². The van der Waals surface area contributed by atoms with Crippen molar-refractivity contribution in [3.63, 3.8) is 0 Å². The number of rotatable bonds is 5. The molecule has 0 bridgehead atoms. The van der Waals surface area contributed by atoms with Crippen LogP contribution >= 0.6 is 11.5 Å². The lowest BCUT2D eigenvalue weighted by Gasteiger charge is -2.06. The van der Waals surface area contributed by atoms with E-state index in [9.17, 15) is 19.7 Å². The normalized spacial score (nSPS) is 10.6. The topological polar surface area (TPSA) is 125 Å². The third-order valence-electron chi connectivity index (χ3n) is 2.71. The number of nitrogens with zero attached hydrogens (tertiary/aromatic N) is 5. The summed E-state index contributed by atoms with van der Waals surface area (Å²) in [7, 11) is 1.34. The van der Waals surface area contributed by atoms with Crippen molar-refractivity contribution in [1.82, 2.24) is 18.7 Å². The molecule has 1 N–H and O–H groups in total. The molecule has 0 aromatic carbocycles. The quantitative estimate of drug-likeness (QED) is 0.598. The van der Waals surface area contributed by atoms with Gasteiger partial charge < -0.3 is 5.32 Å². The molecule has 0 saturated carbocycles. The van der Waals surface area contributed by atoms with Gasteiger partial charge in [-0.3, -0.25) is 19.5 Å². The van der Waals surface area contributed by atoms with Crippen LogP contribution in [-0.2, 0) is 13.6 Å². The van der Waals surface area contributed by atoms with Gasteiger partial charge in [0.1, 0.15) is 10.7 Å². The van der Waals surface area contributed by atoms with Gasteiger partial charge in [0.05, 0.1) is 17.7 Å². The van der Waals surface area contributed by atoms with Gasteiger partial charge in [-0.05, 0) is 6.92 Å². The Labute approximate surface area is 122 Å². The summed E-state index contributed by atoms with van der Waals surface area (Å²) in [6.45, 7) is 2.33. The lowest BCUT2D eigenvalue weighted by molar-refractivity contribution is -0.387. The Morgan fingerprint density at radius 2 is 2.19 bits per heavy atom. The molecule has 21 heavy (non-hydrogen) atoms. The summed E-state index contributed by atoms with van der Waals surface area (Å²) in [5, 5.41) is 18.3. The smallest absolute Gasteiger partial charge is 0.350 e. The number of nitrogens with one attached hydrogen (secondary N) is 1. The fourth-order valence-corrected chi connectivity index (χ4v) is 2.37. The first kappa shape index (κ1) is 14.8. The van der Waals surface area contributed by atoms with Gasteiger partial charge in [0.15, 0.2) is 0 Å². The molecule has 0 unspecified atom stereocenters. The Balaban J connectivity index is 2.54. The van der Waals surface area contributed by atoms with Crippen LogP contribution in [-0.4, -0.2) is 30.2 Å². The third-order valence-corrected chi connectivity index (χ3v) is 3.44. The second kappa shape index (κ2) is 5.83. The van der Waals surface area contributed by atoms with E-state index in [1.165, 1.54) is 7.05 Å². The van der Waals surface area contributed by atoms with Crippen molar-refractivity contribution >= 4 is 22.2 Å². The summed E-state index contributed by atoms with van der Waals surface area (Å²) in [6.07, 6.45) is 0.908. The molecule has 2 aromatic rings. The molecule has 0 aliphatic rings. The van der Waals surface area contributed by atoms with Crippen LogP contribution in [0.2, 0.25) is 0 Å².